The zero-order valence-corrected chi connectivity index (χ0v) is 7.66. The van der Waals surface area contributed by atoms with Crippen LogP contribution in [0.5, 0.6) is 0 Å². The molecule has 0 rings (SSSR count). The van der Waals surface area contributed by atoms with E-state index in [4.69, 9.17) is 20.6 Å². The molecule has 13 heavy (non-hydrogen) atoms. The zero-order chi connectivity index (χ0) is 9.78. The van der Waals surface area contributed by atoms with Crippen LogP contribution in [-0.4, -0.2) is 46.2 Å². The molecule has 1 radical (unpaired) electrons. The lowest BCUT2D eigenvalue weighted by Gasteiger charge is -2.03. The summed E-state index contributed by atoms with van der Waals surface area (Å²) in [5.41, 5.74) is 0. The van der Waals surface area contributed by atoms with E-state index >= 15 is 0 Å². The van der Waals surface area contributed by atoms with Crippen molar-refractivity contribution in [2.24, 2.45) is 0 Å². The quantitative estimate of drug-likeness (QED) is 0.380. The monoisotopic (exact) mass is 187 g/mol. The second kappa shape index (κ2) is 11.4. The molecule has 0 aromatic carbocycles. The minimum Gasteiger partial charge on any atom is -0.377 e. The Morgan fingerprint density at radius 3 is 2.00 bits per heavy atom. The lowest BCUT2D eigenvalue weighted by molar-refractivity contribution is 0.00514. The Kier molecular flexibility index (Phi) is 10.9. The predicted octanol–water partition coefficient (Wildman–Crippen LogP) is 0.0999. The molecule has 4 heteroatoms. The smallest absolute Gasteiger partial charge is 0.107 e. The van der Waals surface area contributed by atoms with Crippen molar-refractivity contribution in [2.75, 3.05) is 46.2 Å². The van der Waals surface area contributed by atoms with Crippen LogP contribution in [0.1, 0.15) is 0 Å². The molecule has 4 nitrogen and oxygen atoms in total. The molecule has 0 bridgehead atoms. The van der Waals surface area contributed by atoms with Gasteiger partial charge in [0.2, 0.25) is 0 Å². The van der Waals surface area contributed by atoms with E-state index in [0.29, 0.717) is 33.0 Å². The van der Waals surface area contributed by atoms with Gasteiger partial charge in [-0.05, 0) is 0 Å². The average Bonchev–Trinajstić information content (AvgIpc) is 2.16. The van der Waals surface area contributed by atoms with Crippen molar-refractivity contribution >= 4 is 0 Å². The molecule has 0 aliphatic heterocycles. The summed E-state index contributed by atoms with van der Waals surface area (Å²) in [5.74, 6) is 2.35. The molecule has 0 aliphatic carbocycles. The highest BCUT2D eigenvalue weighted by Gasteiger charge is 1.89. The summed E-state index contributed by atoms with van der Waals surface area (Å²) < 4.78 is 15.0. The first kappa shape index (κ1) is 12.4. The molecule has 0 heterocycles. The summed E-state index contributed by atoms with van der Waals surface area (Å²) >= 11 is 0. The summed E-state index contributed by atoms with van der Waals surface area (Å²) in [6.45, 7) is 2.29. The Labute approximate surface area is 78.8 Å². The van der Waals surface area contributed by atoms with Crippen LogP contribution in [0.2, 0.25) is 0 Å². The van der Waals surface area contributed by atoms with Crippen molar-refractivity contribution in [3.8, 4) is 12.3 Å². The van der Waals surface area contributed by atoms with Gasteiger partial charge in [0, 0.05) is 0 Å². The van der Waals surface area contributed by atoms with Gasteiger partial charge in [0.25, 0.3) is 0 Å². The molecule has 0 saturated carbocycles. The van der Waals surface area contributed by atoms with Crippen molar-refractivity contribution < 1.29 is 19.3 Å². The van der Waals surface area contributed by atoms with E-state index < -0.39 is 0 Å². The molecule has 0 saturated heterocycles. The number of ether oxygens (including phenoxy) is 3. The van der Waals surface area contributed by atoms with E-state index in [-0.39, 0.29) is 13.2 Å². The van der Waals surface area contributed by atoms with Gasteiger partial charge in [0.15, 0.2) is 0 Å². The highest BCUT2D eigenvalue weighted by Crippen LogP contribution is 1.80. The van der Waals surface area contributed by atoms with E-state index in [0.717, 1.165) is 0 Å². The SMILES string of the molecule is C#CCOCCOCCOCC[O]. The van der Waals surface area contributed by atoms with Crippen molar-refractivity contribution in [1.29, 1.82) is 0 Å². The van der Waals surface area contributed by atoms with Gasteiger partial charge in [-0.3, -0.25) is 0 Å². The Hall–Kier alpha value is -0.600. The first-order valence-corrected chi connectivity index (χ1v) is 4.16. The minimum atomic E-state index is -0.203. The van der Waals surface area contributed by atoms with Crippen LogP contribution in [0.15, 0.2) is 0 Å². The molecule has 0 aliphatic rings. The van der Waals surface area contributed by atoms with Gasteiger partial charge < -0.3 is 14.2 Å². The molecule has 0 aromatic heterocycles. The number of rotatable bonds is 9. The van der Waals surface area contributed by atoms with Gasteiger partial charge in [-0.1, -0.05) is 5.92 Å². The third-order valence-electron chi connectivity index (χ3n) is 1.16. The fourth-order valence-corrected chi connectivity index (χ4v) is 0.630. The molecule has 0 atom stereocenters. The van der Waals surface area contributed by atoms with E-state index in [9.17, 15) is 5.11 Å². The average molecular weight is 187 g/mol. The van der Waals surface area contributed by atoms with Crippen LogP contribution in [0, 0.1) is 12.3 Å². The summed E-state index contributed by atoms with van der Waals surface area (Å²) in [7, 11) is 0. The summed E-state index contributed by atoms with van der Waals surface area (Å²) in [6.07, 6.45) is 4.96. The normalized spacial score (nSPS) is 9.85. The van der Waals surface area contributed by atoms with E-state index in [1.54, 1.807) is 0 Å². The highest BCUT2D eigenvalue weighted by atomic mass is 16.5. The van der Waals surface area contributed by atoms with Crippen molar-refractivity contribution in [3.63, 3.8) is 0 Å². The van der Waals surface area contributed by atoms with Crippen LogP contribution < -0.4 is 0 Å². The first-order valence-electron chi connectivity index (χ1n) is 4.16. The number of hydrogen-bond acceptors (Lipinski definition) is 3. The van der Waals surface area contributed by atoms with Crippen LogP contribution in [0.3, 0.4) is 0 Å². The molecule has 0 fully saturated rings. The zero-order valence-electron chi connectivity index (χ0n) is 7.66. The predicted molar refractivity (Wildman–Crippen MR) is 46.8 cm³/mol. The van der Waals surface area contributed by atoms with Crippen molar-refractivity contribution in [2.45, 2.75) is 0 Å². The Balaban J connectivity index is 2.80. The summed E-state index contributed by atoms with van der Waals surface area (Å²) in [4.78, 5) is 0. The minimum absolute atomic E-state index is 0.203. The van der Waals surface area contributed by atoms with Crippen molar-refractivity contribution in [3.05, 3.63) is 0 Å². The van der Waals surface area contributed by atoms with Gasteiger partial charge in [-0.25, -0.2) is 5.11 Å². The standard InChI is InChI=1S/C9H15O4/c1-2-4-11-6-8-13-9-7-12-5-3-10/h1H,3-9H2. The van der Waals surface area contributed by atoms with Gasteiger partial charge in [0.1, 0.15) is 13.2 Å². The second-order valence-electron chi connectivity index (χ2n) is 2.19. The number of hydrogen-bond donors (Lipinski definition) is 0. The van der Waals surface area contributed by atoms with Crippen LogP contribution in [-0.2, 0) is 19.3 Å². The van der Waals surface area contributed by atoms with Gasteiger partial charge in [0.05, 0.1) is 33.0 Å². The Morgan fingerprint density at radius 1 is 0.923 bits per heavy atom. The van der Waals surface area contributed by atoms with Gasteiger partial charge in [-0.2, -0.15) is 0 Å². The van der Waals surface area contributed by atoms with E-state index in [2.05, 4.69) is 5.92 Å². The second-order valence-corrected chi connectivity index (χ2v) is 2.19. The Bertz CT molecular complexity index is 130. The molecule has 0 spiro atoms. The van der Waals surface area contributed by atoms with Crippen LogP contribution in [0.25, 0.3) is 0 Å². The third kappa shape index (κ3) is 11.4. The molecule has 0 unspecified atom stereocenters. The summed E-state index contributed by atoms with van der Waals surface area (Å²) in [6, 6.07) is 0. The van der Waals surface area contributed by atoms with E-state index in [1.165, 1.54) is 0 Å². The molecular weight excluding hydrogens is 172 g/mol. The van der Waals surface area contributed by atoms with Gasteiger partial charge >= 0.3 is 0 Å². The molecule has 75 valence electrons. The maximum atomic E-state index is 9.93. The van der Waals surface area contributed by atoms with Gasteiger partial charge in [-0.15, -0.1) is 6.42 Å². The first-order chi connectivity index (χ1) is 6.41. The van der Waals surface area contributed by atoms with Crippen LogP contribution >= 0.6 is 0 Å². The van der Waals surface area contributed by atoms with Crippen LogP contribution in [0.4, 0.5) is 0 Å². The molecule has 0 N–H and O–H groups in total. The highest BCUT2D eigenvalue weighted by molar-refractivity contribution is 4.82. The fourth-order valence-electron chi connectivity index (χ4n) is 0.630. The Morgan fingerprint density at radius 2 is 1.46 bits per heavy atom. The maximum absolute atomic E-state index is 9.93. The van der Waals surface area contributed by atoms with E-state index in [1.807, 2.05) is 0 Å². The number of terminal acetylenes is 1. The lowest BCUT2D eigenvalue weighted by atomic mass is 10.7. The molecule has 0 amide bonds. The summed E-state index contributed by atoms with van der Waals surface area (Å²) in [5, 5.41) is 9.93. The van der Waals surface area contributed by atoms with Crippen molar-refractivity contribution in [1.82, 2.24) is 0 Å². The maximum Gasteiger partial charge on any atom is 0.107 e. The topological polar surface area (TPSA) is 47.6 Å². The fraction of sp³-hybridized carbons (Fsp3) is 0.778. The molecular formula is C9H15O4. The largest absolute Gasteiger partial charge is 0.377 e. The molecule has 0 aromatic rings. The third-order valence-corrected chi connectivity index (χ3v) is 1.16. The lowest BCUT2D eigenvalue weighted by Crippen LogP contribution is -2.10.